The summed E-state index contributed by atoms with van der Waals surface area (Å²) in [5, 5.41) is 9.22. The number of aromatic nitrogens is 3. The SMILES string of the molecule is COc1cccc(-c2csc3nc(NC(=O)C4CC(=O)N(Cc5ccccc5)C4)nn23)c1. The van der Waals surface area contributed by atoms with Crippen LogP contribution in [0.15, 0.2) is 60.0 Å². The summed E-state index contributed by atoms with van der Waals surface area (Å²) in [7, 11) is 1.63. The molecule has 0 saturated carbocycles. The van der Waals surface area contributed by atoms with E-state index in [1.54, 1.807) is 16.5 Å². The van der Waals surface area contributed by atoms with Crippen LogP contribution in [0.5, 0.6) is 5.75 Å². The van der Waals surface area contributed by atoms with Gasteiger partial charge in [-0.15, -0.1) is 16.4 Å². The lowest BCUT2D eigenvalue weighted by atomic mass is 10.1. The number of hydrogen-bond donors (Lipinski definition) is 1. The van der Waals surface area contributed by atoms with Gasteiger partial charge >= 0.3 is 0 Å². The number of benzene rings is 2. The molecule has 1 saturated heterocycles. The molecule has 32 heavy (non-hydrogen) atoms. The summed E-state index contributed by atoms with van der Waals surface area (Å²) in [4.78, 5) is 32.0. The summed E-state index contributed by atoms with van der Waals surface area (Å²) in [5.41, 5.74) is 2.85. The Morgan fingerprint density at radius 2 is 2.06 bits per heavy atom. The maximum atomic E-state index is 12.8. The van der Waals surface area contributed by atoms with E-state index in [2.05, 4.69) is 15.4 Å². The van der Waals surface area contributed by atoms with E-state index in [1.807, 2.05) is 60.0 Å². The summed E-state index contributed by atoms with van der Waals surface area (Å²) in [6.07, 6.45) is 0.190. The number of carbonyl (C=O) groups excluding carboxylic acids is 2. The average Bonchev–Trinajstić information content (AvgIpc) is 3.49. The number of likely N-dealkylation sites (tertiary alicyclic amines) is 1. The maximum absolute atomic E-state index is 12.8. The highest BCUT2D eigenvalue weighted by Gasteiger charge is 2.34. The second-order valence-corrected chi connectivity index (χ2v) is 8.47. The fourth-order valence-electron chi connectivity index (χ4n) is 3.83. The van der Waals surface area contributed by atoms with Crippen LogP contribution in [-0.4, -0.2) is 45.0 Å². The van der Waals surface area contributed by atoms with Crippen molar-refractivity contribution in [3.8, 4) is 17.0 Å². The van der Waals surface area contributed by atoms with Gasteiger partial charge in [-0.25, -0.2) is 4.52 Å². The van der Waals surface area contributed by atoms with E-state index in [0.717, 1.165) is 22.6 Å². The average molecular weight is 448 g/mol. The number of nitrogens with zero attached hydrogens (tertiary/aromatic N) is 4. The van der Waals surface area contributed by atoms with Crippen molar-refractivity contribution in [1.82, 2.24) is 19.5 Å². The lowest BCUT2D eigenvalue weighted by Gasteiger charge is -2.16. The molecule has 1 aliphatic rings. The molecule has 1 N–H and O–H groups in total. The van der Waals surface area contributed by atoms with Gasteiger partial charge in [-0.1, -0.05) is 42.5 Å². The Labute approximate surface area is 188 Å². The van der Waals surface area contributed by atoms with Gasteiger partial charge in [0.15, 0.2) is 0 Å². The quantitative estimate of drug-likeness (QED) is 0.489. The second-order valence-electron chi connectivity index (χ2n) is 7.63. The molecule has 1 unspecified atom stereocenters. The molecule has 2 aromatic carbocycles. The smallest absolute Gasteiger partial charge is 0.250 e. The molecule has 3 heterocycles. The van der Waals surface area contributed by atoms with E-state index >= 15 is 0 Å². The molecule has 1 fully saturated rings. The summed E-state index contributed by atoms with van der Waals surface area (Å²) >= 11 is 1.44. The summed E-state index contributed by atoms with van der Waals surface area (Å²) in [6.45, 7) is 0.892. The minimum atomic E-state index is -0.425. The third-order valence-electron chi connectivity index (χ3n) is 5.48. The van der Waals surface area contributed by atoms with E-state index in [0.29, 0.717) is 18.1 Å². The molecule has 162 valence electrons. The van der Waals surface area contributed by atoms with E-state index in [-0.39, 0.29) is 24.2 Å². The third kappa shape index (κ3) is 3.94. The van der Waals surface area contributed by atoms with Gasteiger partial charge in [0.25, 0.3) is 0 Å². The minimum absolute atomic E-state index is 0.0203. The highest BCUT2D eigenvalue weighted by Crippen LogP contribution is 2.28. The fraction of sp³-hybridized carbons (Fsp3) is 0.217. The number of thiazole rings is 1. The molecule has 1 atom stereocenters. The van der Waals surface area contributed by atoms with Gasteiger partial charge in [0.2, 0.25) is 22.7 Å². The zero-order valence-electron chi connectivity index (χ0n) is 17.4. The van der Waals surface area contributed by atoms with Crippen molar-refractivity contribution in [2.45, 2.75) is 13.0 Å². The number of methoxy groups -OCH3 is 1. The Kier molecular flexibility index (Phi) is 5.32. The third-order valence-corrected chi connectivity index (χ3v) is 6.30. The topological polar surface area (TPSA) is 88.8 Å². The zero-order valence-corrected chi connectivity index (χ0v) is 18.2. The van der Waals surface area contributed by atoms with Crippen molar-refractivity contribution in [2.24, 2.45) is 5.92 Å². The van der Waals surface area contributed by atoms with Crippen molar-refractivity contribution in [2.75, 3.05) is 19.0 Å². The fourth-order valence-corrected chi connectivity index (χ4v) is 4.66. The number of amides is 2. The molecule has 4 aromatic rings. The molecule has 2 aromatic heterocycles. The van der Waals surface area contributed by atoms with Gasteiger partial charge in [-0.2, -0.15) is 4.98 Å². The van der Waals surface area contributed by atoms with Gasteiger partial charge in [0.1, 0.15) is 5.75 Å². The standard InChI is InChI=1S/C23H21N5O3S/c1-31-18-9-5-8-16(10-18)19-14-32-23-25-22(26-28(19)23)24-21(30)17-11-20(29)27(13-17)12-15-6-3-2-4-7-15/h2-10,14,17H,11-13H2,1H3,(H,24,26,30). The second kappa shape index (κ2) is 8.43. The number of carbonyl (C=O) groups is 2. The van der Waals surface area contributed by atoms with Crippen LogP contribution in [0.25, 0.3) is 16.2 Å². The summed E-state index contributed by atoms with van der Waals surface area (Å²) in [6, 6.07) is 17.5. The molecule has 9 heteroatoms. The van der Waals surface area contributed by atoms with Crippen LogP contribution in [0.4, 0.5) is 5.95 Å². The van der Waals surface area contributed by atoms with Crippen molar-refractivity contribution in [1.29, 1.82) is 0 Å². The van der Waals surface area contributed by atoms with Crippen molar-refractivity contribution < 1.29 is 14.3 Å². The largest absolute Gasteiger partial charge is 0.497 e. The number of hydrogen-bond acceptors (Lipinski definition) is 6. The van der Waals surface area contributed by atoms with Gasteiger partial charge in [0.05, 0.1) is 18.7 Å². The van der Waals surface area contributed by atoms with Crippen LogP contribution < -0.4 is 10.1 Å². The van der Waals surface area contributed by atoms with E-state index in [1.165, 1.54) is 11.3 Å². The number of ether oxygens (including phenoxy) is 1. The molecule has 0 radical (unpaired) electrons. The highest BCUT2D eigenvalue weighted by atomic mass is 32.1. The first-order valence-electron chi connectivity index (χ1n) is 10.2. The Bertz CT molecular complexity index is 1280. The molecule has 5 rings (SSSR count). The van der Waals surface area contributed by atoms with Gasteiger partial charge in [0, 0.05) is 30.5 Å². The molecule has 8 nitrogen and oxygen atoms in total. The Hall–Kier alpha value is -3.72. The maximum Gasteiger partial charge on any atom is 0.250 e. The van der Waals surface area contributed by atoms with E-state index in [4.69, 9.17) is 4.74 Å². The monoisotopic (exact) mass is 447 g/mol. The molecular weight excluding hydrogens is 426 g/mol. The molecule has 1 aliphatic heterocycles. The van der Waals surface area contributed by atoms with Crippen LogP contribution in [0, 0.1) is 5.92 Å². The number of rotatable bonds is 6. The predicted molar refractivity (Wildman–Crippen MR) is 121 cm³/mol. The Balaban J connectivity index is 1.29. The minimum Gasteiger partial charge on any atom is -0.497 e. The van der Waals surface area contributed by atoms with E-state index in [9.17, 15) is 9.59 Å². The Morgan fingerprint density at radius 3 is 2.88 bits per heavy atom. The molecular formula is C23H21N5O3S. The van der Waals surface area contributed by atoms with Crippen LogP contribution in [0.2, 0.25) is 0 Å². The first kappa shape index (κ1) is 20.2. The van der Waals surface area contributed by atoms with Gasteiger partial charge in [-0.05, 0) is 17.7 Å². The Morgan fingerprint density at radius 1 is 1.22 bits per heavy atom. The number of nitrogens with one attached hydrogen (secondary N) is 1. The van der Waals surface area contributed by atoms with Gasteiger partial charge < -0.3 is 9.64 Å². The van der Waals surface area contributed by atoms with Crippen LogP contribution >= 0.6 is 11.3 Å². The number of fused-ring (bicyclic) bond motifs is 1. The lowest BCUT2D eigenvalue weighted by Crippen LogP contribution is -2.28. The zero-order chi connectivity index (χ0) is 22.1. The number of anilines is 1. The predicted octanol–water partition coefficient (Wildman–Crippen LogP) is 3.45. The van der Waals surface area contributed by atoms with Crippen molar-refractivity contribution >= 4 is 34.1 Å². The molecule has 0 aliphatic carbocycles. The van der Waals surface area contributed by atoms with E-state index < -0.39 is 5.92 Å². The lowest BCUT2D eigenvalue weighted by molar-refractivity contribution is -0.128. The first-order valence-corrected chi connectivity index (χ1v) is 11.1. The van der Waals surface area contributed by atoms with Crippen molar-refractivity contribution in [3.63, 3.8) is 0 Å². The normalized spacial score (nSPS) is 16.0. The molecule has 2 amide bonds. The molecule has 0 bridgehead atoms. The summed E-state index contributed by atoms with van der Waals surface area (Å²) in [5.74, 6) is 0.301. The van der Waals surface area contributed by atoms with Crippen LogP contribution in [-0.2, 0) is 16.1 Å². The highest BCUT2D eigenvalue weighted by molar-refractivity contribution is 7.15. The van der Waals surface area contributed by atoms with Crippen molar-refractivity contribution in [3.05, 3.63) is 65.5 Å². The van der Waals surface area contributed by atoms with Crippen LogP contribution in [0.3, 0.4) is 0 Å². The van der Waals surface area contributed by atoms with Crippen LogP contribution in [0.1, 0.15) is 12.0 Å². The first-order chi connectivity index (χ1) is 15.6. The molecule has 0 spiro atoms. The van der Waals surface area contributed by atoms with Gasteiger partial charge in [-0.3, -0.25) is 14.9 Å². The summed E-state index contributed by atoms with van der Waals surface area (Å²) < 4.78 is 7.01.